The number of imidazole rings is 1. The quantitative estimate of drug-likeness (QED) is 0.0609. The first kappa shape index (κ1) is 52.7. The molecule has 1 aromatic heterocycles. The molecule has 4 atom stereocenters. The van der Waals surface area contributed by atoms with E-state index in [0.717, 1.165) is 53.5 Å². The van der Waals surface area contributed by atoms with Gasteiger partial charge >= 0.3 is 0 Å². The summed E-state index contributed by atoms with van der Waals surface area (Å²) in [6.07, 6.45) is 6.18. The first-order valence-corrected chi connectivity index (χ1v) is 24.2. The topological polar surface area (TPSA) is 200 Å². The van der Waals surface area contributed by atoms with E-state index in [2.05, 4.69) is 25.8 Å². The number of hydrogen-bond donors (Lipinski definition) is 5. The van der Waals surface area contributed by atoms with Crippen LogP contribution in [0, 0.1) is 18.7 Å². The number of carbonyl (C=O) groups excluding carboxylic acids is 4. The molecule has 2 aromatic carbocycles. The molecule has 0 saturated carbocycles. The second-order valence-corrected chi connectivity index (χ2v) is 18.1. The van der Waals surface area contributed by atoms with Crippen molar-refractivity contribution in [2.45, 2.75) is 95.1 Å². The number of ether oxygens (including phenoxy) is 4. The lowest BCUT2D eigenvalue weighted by atomic mass is 9.94. The standard InChI is InChI=1S/C47H67FN8O8S.H2S/c1-33-9-15-36(16-10-33)52-46-45(34-11-13-35(48)14-12-34)54-41-31-55(20-21-56(41)46)47(60)38(49)6-4-5-18-50-43(58)17-22-61-24-26-63-28-29-64-27-25-62-23-19-51-42(57)8-3-2-7-40-37-30-44(59)53-39(37)32-65-40;/h9-16,37-40,52H,2-8,17-32,49H2,1H3,(H,50,58)(H,51,57)(H,53,59);1H2/t37?,38-,39?,40?;/m0./s1. The number of fused-ring (bicyclic) bond motifs is 2. The molecule has 6 rings (SSSR count). The van der Waals surface area contributed by atoms with E-state index < -0.39 is 6.04 Å². The number of anilines is 2. The molecule has 364 valence electrons. The number of thioether (sulfide) groups is 1. The lowest BCUT2D eigenvalue weighted by molar-refractivity contribution is -0.134. The minimum Gasteiger partial charge on any atom is -0.379 e. The average Bonchev–Trinajstić information content (AvgIpc) is 3.98. The monoisotopic (exact) mass is 956 g/mol. The molecule has 4 heterocycles. The van der Waals surface area contributed by atoms with Gasteiger partial charge in [-0.15, -0.1) is 0 Å². The van der Waals surface area contributed by atoms with E-state index in [1.807, 2.05) is 43.0 Å². The Morgan fingerprint density at radius 2 is 1.52 bits per heavy atom. The molecule has 2 fully saturated rings. The molecule has 16 nitrogen and oxygen atoms in total. The van der Waals surface area contributed by atoms with Crippen molar-refractivity contribution in [1.29, 1.82) is 0 Å². The number of nitrogens with one attached hydrogen (secondary N) is 4. The van der Waals surface area contributed by atoms with Crippen LogP contribution in [0.1, 0.15) is 69.2 Å². The van der Waals surface area contributed by atoms with E-state index in [1.54, 1.807) is 17.0 Å². The first-order valence-electron chi connectivity index (χ1n) is 23.1. The number of aryl methyl sites for hydroxylation is 1. The summed E-state index contributed by atoms with van der Waals surface area (Å²) in [6, 6.07) is 14.0. The molecule has 4 amide bonds. The van der Waals surface area contributed by atoms with Gasteiger partial charge in [-0.25, -0.2) is 9.37 Å². The van der Waals surface area contributed by atoms with Gasteiger partial charge in [-0.3, -0.25) is 19.2 Å². The smallest absolute Gasteiger partial charge is 0.239 e. The highest BCUT2D eigenvalue weighted by atomic mass is 32.2. The van der Waals surface area contributed by atoms with E-state index in [1.165, 1.54) is 12.1 Å². The molecule has 0 spiro atoms. The van der Waals surface area contributed by atoms with Gasteiger partial charge < -0.3 is 55.4 Å². The molecule has 3 aromatic rings. The lowest BCUT2D eigenvalue weighted by Crippen LogP contribution is -2.47. The van der Waals surface area contributed by atoms with Crippen LogP contribution < -0.4 is 27.0 Å². The molecule has 66 heavy (non-hydrogen) atoms. The number of nitrogens with two attached hydrogens (primary N) is 1. The van der Waals surface area contributed by atoms with Crippen molar-refractivity contribution in [3.8, 4) is 11.3 Å². The molecular formula is C47H69FN8O8S2. The van der Waals surface area contributed by atoms with E-state index in [0.29, 0.717) is 134 Å². The zero-order valence-electron chi connectivity index (χ0n) is 38.2. The Morgan fingerprint density at radius 1 is 0.848 bits per heavy atom. The van der Waals surface area contributed by atoms with Crippen molar-refractivity contribution in [3.05, 3.63) is 65.7 Å². The average molecular weight is 957 g/mol. The van der Waals surface area contributed by atoms with Crippen LogP contribution in [0.15, 0.2) is 48.5 Å². The van der Waals surface area contributed by atoms with Gasteiger partial charge in [-0.1, -0.05) is 24.1 Å². The fourth-order valence-electron chi connectivity index (χ4n) is 8.23. The molecule has 0 radical (unpaired) electrons. The number of benzene rings is 2. The van der Waals surface area contributed by atoms with E-state index in [4.69, 9.17) is 29.7 Å². The van der Waals surface area contributed by atoms with Crippen LogP contribution in [0.5, 0.6) is 0 Å². The van der Waals surface area contributed by atoms with E-state index in [-0.39, 0.29) is 56.0 Å². The highest BCUT2D eigenvalue weighted by Crippen LogP contribution is 2.40. The predicted molar refractivity (Wildman–Crippen MR) is 258 cm³/mol. The first-order chi connectivity index (χ1) is 31.6. The van der Waals surface area contributed by atoms with Gasteiger partial charge in [-0.2, -0.15) is 25.3 Å². The summed E-state index contributed by atoms with van der Waals surface area (Å²) in [7, 11) is 0. The zero-order chi connectivity index (χ0) is 45.8. The third-order valence-corrected chi connectivity index (χ3v) is 13.4. The normalized spacial score (nSPS) is 18.0. The number of nitrogens with zero attached hydrogens (tertiary/aromatic N) is 3. The third kappa shape index (κ3) is 16.8. The van der Waals surface area contributed by atoms with Crippen molar-refractivity contribution in [2.75, 3.05) is 83.6 Å². The van der Waals surface area contributed by atoms with Gasteiger partial charge in [0.05, 0.1) is 65.4 Å². The summed E-state index contributed by atoms with van der Waals surface area (Å²) in [6.45, 7) is 7.48. The largest absolute Gasteiger partial charge is 0.379 e. The minimum atomic E-state index is -0.663. The maximum absolute atomic E-state index is 13.8. The lowest BCUT2D eigenvalue weighted by Gasteiger charge is -2.30. The number of rotatable bonds is 29. The minimum absolute atomic E-state index is 0. The van der Waals surface area contributed by atoms with E-state index >= 15 is 0 Å². The van der Waals surface area contributed by atoms with Gasteiger partial charge in [0.1, 0.15) is 23.2 Å². The third-order valence-electron chi connectivity index (χ3n) is 11.8. The Labute approximate surface area is 399 Å². The molecule has 2 saturated heterocycles. The Kier molecular flexibility index (Phi) is 22.5. The summed E-state index contributed by atoms with van der Waals surface area (Å²) in [5, 5.41) is 12.9. The summed E-state index contributed by atoms with van der Waals surface area (Å²) in [5.41, 5.74) is 9.88. The number of amides is 4. The summed E-state index contributed by atoms with van der Waals surface area (Å²) >= 11 is 1.95. The van der Waals surface area contributed by atoms with Crippen molar-refractivity contribution in [3.63, 3.8) is 0 Å². The summed E-state index contributed by atoms with van der Waals surface area (Å²) < 4.78 is 37.9. The number of unbranched alkanes of at least 4 members (excludes halogenated alkanes) is 2. The van der Waals surface area contributed by atoms with Gasteiger partial charge in [0, 0.05) is 79.7 Å². The molecule has 3 unspecified atom stereocenters. The van der Waals surface area contributed by atoms with Gasteiger partial charge in [-0.05, 0) is 75.4 Å². The summed E-state index contributed by atoms with van der Waals surface area (Å²) in [5.74, 6) is 2.64. The van der Waals surface area contributed by atoms with Crippen molar-refractivity contribution in [2.24, 2.45) is 11.7 Å². The molecule has 0 bridgehead atoms. The van der Waals surface area contributed by atoms with Crippen molar-refractivity contribution >= 4 is 60.4 Å². The highest BCUT2D eigenvalue weighted by molar-refractivity contribution is 8.00. The van der Waals surface area contributed by atoms with E-state index in [9.17, 15) is 23.6 Å². The number of carbonyl (C=O) groups is 4. The number of hydrogen-bond acceptors (Lipinski definition) is 12. The van der Waals surface area contributed by atoms with Crippen LogP contribution in [0.3, 0.4) is 0 Å². The number of aromatic nitrogens is 2. The molecule has 0 aliphatic carbocycles. The number of halogens is 1. The van der Waals surface area contributed by atoms with Gasteiger partial charge in [0.25, 0.3) is 0 Å². The Morgan fingerprint density at radius 3 is 2.24 bits per heavy atom. The van der Waals surface area contributed by atoms with Crippen LogP contribution in [0.4, 0.5) is 15.9 Å². The van der Waals surface area contributed by atoms with Gasteiger partial charge in [0.2, 0.25) is 23.6 Å². The molecule has 6 N–H and O–H groups in total. The predicted octanol–water partition coefficient (Wildman–Crippen LogP) is 4.56. The molecule has 19 heteroatoms. The molecule has 3 aliphatic heterocycles. The fourth-order valence-corrected chi connectivity index (χ4v) is 9.89. The Bertz CT molecular complexity index is 1980. The highest BCUT2D eigenvalue weighted by Gasteiger charge is 2.42. The second kappa shape index (κ2) is 28.2. The van der Waals surface area contributed by atoms with Crippen LogP contribution >= 0.6 is 25.3 Å². The zero-order valence-corrected chi connectivity index (χ0v) is 40.0. The summed E-state index contributed by atoms with van der Waals surface area (Å²) in [4.78, 5) is 56.1. The molecule has 3 aliphatic rings. The molecular weight excluding hydrogens is 888 g/mol. The SMILES string of the molecule is Cc1ccc(Nc2c(-c3ccc(F)cc3)nc3n2CCN(C(=O)[C@@H](N)CCCCNC(=O)CCOCCOCCOCCOCCNC(=O)CCCCC2SCC4NC(=O)CC42)C3)cc1.S. The van der Waals surface area contributed by atoms with Gasteiger partial charge in [0.15, 0.2) is 0 Å². The van der Waals surface area contributed by atoms with Crippen LogP contribution in [-0.4, -0.2) is 134 Å². The van der Waals surface area contributed by atoms with Crippen LogP contribution in [0.25, 0.3) is 11.3 Å². The van der Waals surface area contributed by atoms with Crippen molar-refractivity contribution < 1.29 is 42.5 Å². The van der Waals surface area contributed by atoms with Crippen molar-refractivity contribution in [1.82, 2.24) is 30.4 Å². The van der Waals surface area contributed by atoms with Crippen LogP contribution in [0.2, 0.25) is 0 Å². The Hall–Kier alpha value is -4.24. The fraction of sp³-hybridized carbons (Fsp3) is 0.596. The maximum atomic E-state index is 13.8. The Balaban J connectivity index is 0.00000817. The van der Waals surface area contributed by atoms with Crippen LogP contribution in [-0.2, 0) is 51.2 Å². The second-order valence-electron chi connectivity index (χ2n) is 16.8. The maximum Gasteiger partial charge on any atom is 0.239 e.